The van der Waals surface area contributed by atoms with E-state index in [9.17, 15) is 4.79 Å². The number of nitrogens with zero attached hydrogens (tertiary/aromatic N) is 2. The van der Waals surface area contributed by atoms with Gasteiger partial charge in [-0.2, -0.15) is 0 Å². The highest BCUT2D eigenvalue weighted by Crippen LogP contribution is 2.22. The van der Waals surface area contributed by atoms with Gasteiger partial charge in [0.15, 0.2) is 10.1 Å². The van der Waals surface area contributed by atoms with E-state index in [1.165, 1.54) is 17.4 Å². The summed E-state index contributed by atoms with van der Waals surface area (Å²) in [5.41, 5.74) is 2.97. The number of imidazole rings is 1. The number of halogens is 1. The first-order chi connectivity index (χ1) is 11.1. The van der Waals surface area contributed by atoms with Crippen LogP contribution in [0.25, 0.3) is 11.0 Å². The summed E-state index contributed by atoms with van der Waals surface area (Å²) in [6.07, 6.45) is 5.06. The van der Waals surface area contributed by atoms with E-state index in [-0.39, 0.29) is 11.9 Å². The molecule has 0 spiro atoms. The average molecular weight is 346 g/mol. The Balaban J connectivity index is 1.73. The molecule has 1 amide bonds. The first-order valence-electron chi connectivity index (χ1n) is 7.21. The number of aromatic nitrogens is 2. The van der Waals surface area contributed by atoms with Gasteiger partial charge in [-0.3, -0.25) is 9.20 Å². The van der Waals surface area contributed by atoms with Crippen LogP contribution in [-0.4, -0.2) is 15.3 Å². The highest BCUT2D eigenvalue weighted by molar-refractivity contribution is 7.15. The van der Waals surface area contributed by atoms with Crippen LogP contribution >= 0.6 is 22.9 Å². The zero-order valence-corrected chi connectivity index (χ0v) is 14.4. The molecule has 4 nitrogen and oxygen atoms in total. The van der Waals surface area contributed by atoms with Gasteiger partial charge in [0.05, 0.1) is 11.7 Å². The Hall–Kier alpha value is -2.11. The Morgan fingerprint density at radius 1 is 1.43 bits per heavy atom. The maximum Gasteiger partial charge on any atom is 0.244 e. The number of hydrogen-bond acceptors (Lipinski definition) is 3. The molecule has 3 aromatic rings. The van der Waals surface area contributed by atoms with Gasteiger partial charge in [-0.1, -0.05) is 35.9 Å². The fourth-order valence-electron chi connectivity index (χ4n) is 2.49. The second-order valence-corrected chi connectivity index (χ2v) is 6.49. The van der Waals surface area contributed by atoms with Crippen LogP contribution in [0.5, 0.6) is 0 Å². The SMILES string of the molecule is Cc1ccccc1C(C)NC(=O)/C=C/c1c(Cl)nc2sccn12. The number of carbonyl (C=O) groups is 1. The van der Waals surface area contributed by atoms with Gasteiger partial charge in [-0.15, -0.1) is 11.3 Å². The second kappa shape index (κ2) is 6.56. The summed E-state index contributed by atoms with van der Waals surface area (Å²) in [5, 5.41) is 5.29. The minimum atomic E-state index is -0.165. The van der Waals surface area contributed by atoms with Crippen LogP contribution in [0.1, 0.15) is 29.8 Å². The Morgan fingerprint density at radius 2 is 2.22 bits per heavy atom. The number of thiazole rings is 1. The van der Waals surface area contributed by atoms with E-state index in [2.05, 4.69) is 10.3 Å². The van der Waals surface area contributed by atoms with Gasteiger partial charge < -0.3 is 5.32 Å². The lowest BCUT2D eigenvalue weighted by molar-refractivity contribution is -0.117. The van der Waals surface area contributed by atoms with E-state index in [1.54, 1.807) is 6.08 Å². The van der Waals surface area contributed by atoms with Crippen LogP contribution in [0.4, 0.5) is 0 Å². The number of fused-ring (bicyclic) bond motifs is 1. The summed E-state index contributed by atoms with van der Waals surface area (Å²) in [5.74, 6) is -0.165. The molecule has 3 rings (SSSR count). The van der Waals surface area contributed by atoms with Crippen LogP contribution < -0.4 is 5.32 Å². The zero-order valence-electron chi connectivity index (χ0n) is 12.8. The highest BCUT2D eigenvalue weighted by Gasteiger charge is 2.11. The fraction of sp³-hybridized carbons (Fsp3) is 0.176. The molecule has 2 aromatic heterocycles. The van der Waals surface area contributed by atoms with Gasteiger partial charge in [-0.25, -0.2) is 4.98 Å². The maximum atomic E-state index is 12.2. The number of carbonyl (C=O) groups excluding carboxylic acids is 1. The van der Waals surface area contributed by atoms with Crippen molar-refractivity contribution in [2.24, 2.45) is 0 Å². The van der Waals surface area contributed by atoms with Crippen molar-refractivity contribution < 1.29 is 4.79 Å². The van der Waals surface area contributed by atoms with Gasteiger partial charge in [-0.05, 0) is 31.1 Å². The molecule has 0 aliphatic heterocycles. The monoisotopic (exact) mass is 345 g/mol. The number of aryl methyl sites for hydroxylation is 1. The Bertz CT molecular complexity index is 881. The largest absolute Gasteiger partial charge is 0.346 e. The summed E-state index contributed by atoms with van der Waals surface area (Å²) in [7, 11) is 0. The van der Waals surface area contributed by atoms with Crippen molar-refractivity contribution in [1.82, 2.24) is 14.7 Å². The lowest BCUT2D eigenvalue weighted by Crippen LogP contribution is -2.25. The molecule has 0 bridgehead atoms. The molecule has 0 aliphatic rings. The van der Waals surface area contributed by atoms with Gasteiger partial charge in [0.1, 0.15) is 0 Å². The number of nitrogens with one attached hydrogen (secondary N) is 1. The maximum absolute atomic E-state index is 12.2. The smallest absolute Gasteiger partial charge is 0.244 e. The number of hydrogen-bond donors (Lipinski definition) is 1. The Labute approximate surface area is 143 Å². The van der Waals surface area contributed by atoms with E-state index in [0.717, 1.165) is 16.1 Å². The summed E-state index contributed by atoms with van der Waals surface area (Å²) in [6, 6.07) is 7.96. The molecule has 1 N–H and O–H groups in total. The van der Waals surface area contributed by atoms with Crippen LogP contribution in [0, 0.1) is 6.92 Å². The van der Waals surface area contributed by atoms with E-state index in [1.807, 2.05) is 54.1 Å². The van der Waals surface area contributed by atoms with Gasteiger partial charge in [0.25, 0.3) is 0 Å². The molecule has 6 heteroatoms. The van der Waals surface area contributed by atoms with Gasteiger partial charge in [0, 0.05) is 17.7 Å². The molecule has 118 valence electrons. The second-order valence-electron chi connectivity index (χ2n) is 5.26. The standard InChI is InChI=1S/C17H16ClN3OS/c1-11-5-3-4-6-13(11)12(2)19-15(22)8-7-14-16(18)20-17-21(14)9-10-23-17/h3-10,12H,1-2H3,(H,19,22)/b8-7+. The molecule has 2 heterocycles. The van der Waals surface area contributed by atoms with Crippen molar-refractivity contribution in [3.63, 3.8) is 0 Å². The molecule has 1 atom stereocenters. The molecule has 1 unspecified atom stereocenters. The lowest BCUT2D eigenvalue weighted by Gasteiger charge is -2.15. The molecule has 23 heavy (non-hydrogen) atoms. The Kier molecular flexibility index (Phi) is 4.50. The minimum absolute atomic E-state index is 0.0598. The topological polar surface area (TPSA) is 46.4 Å². The summed E-state index contributed by atoms with van der Waals surface area (Å²) >= 11 is 7.61. The molecule has 0 saturated carbocycles. The molecular weight excluding hydrogens is 330 g/mol. The first-order valence-corrected chi connectivity index (χ1v) is 8.47. The summed E-state index contributed by atoms with van der Waals surface area (Å²) in [4.78, 5) is 17.2. The normalized spacial score (nSPS) is 12.8. The molecule has 0 saturated heterocycles. The van der Waals surface area contributed by atoms with E-state index < -0.39 is 0 Å². The highest BCUT2D eigenvalue weighted by atomic mass is 35.5. The third kappa shape index (κ3) is 3.30. The predicted molar refractivity (Wildman–Crippen MR) is 94.8 cm³/mol. The van der Waals surface area contributed by atoms with Crippen molar-refractivity contribution in [1.29, 1.82) is 0 Å². The predicted octanol–water partition coefficient (Wildman–Crippen LogP) is 4.25. The van der Waals surface area contributed by atoms with Crippen molar-refractivity contribution in [3.05, 3.63) is 63.9 Å². The quantitative estimate of drug-likeness (QED) is 0.718. The lowest BCUT2D eigenvalue weighted by atomic mass is 10.0. The first kappa shape index (κ1) is 15.8. The molecule has 0 fully saturated rings. The zero-order chi connectivity index (χ0) is 16.4. The molecular formula is C17H16ClN3OS. The number of benzene rings is 1. The third-order valence-electron chi connectivity index (χ3n) is 3.66. The van der Waals surface area contributed by atoms with Crippen LogP contribution in [0.2, 0.25) is 5.15 Å². The number of rotatable bonds is 4. The summed E-state index contributed by atoms with van der Waals surface area (Å²) < 4.78 is 1.86. The Morgan fingerprint density at radius 3 is 3.00 bits per heavy atom. The van der Waals surface area contributed by atoms with Crippen molar-refractivity contribution in [2.45, 2.75) is 19.9 Å². The van der Waals surface area contributed by atoms with Crippen molar-refractivity contribution in [3.8, 4) is 0 Å². The van der Waals surface area contributed by atoms with Crippen LogP contribution in [0.15, 0.2) is 41.9 Å². The van der Waals surface area contributed by atoms with Crippen LogP contribution in [0.3, 0.4) is 0 Å². The van der Waals surface area contributed by atoms with Crippen molar-refractivity contribution in [2.75, 3.05) is 0 Å². The molecule has 0 radical (unpaired) electrons. The van der Waals surface area contributed by atoms with E-state index >= 15 is 0 Å². The third-order valence-corrected chi connectivity index (χ3v) is 4.70. The van der Waals surface area contributed by atoms with Crippen LogP contribution in [-0.2, 0) is 4.79 Å². The summed E-state index contributed by atoms with van der Waals surface area (Å²) in [6.45, 7) is 4.00. The van der Waals surface area contributed by atoms with E-state index in [4.69, 9.17) is 11.6 Å². The van der Waals surface area contributed by atoms with Gasteiger partial charge in [0.2, 0.25) is 5.91 Å². The van der Waals surface area contributed by atoms with Crippen molar-refractivity contribution >= 4 is 39.9 Å². The van der Waals surface area contributed by atoms with Gasteiger partial charge >= 0.3 is 0 Å². The minimum Gasteiger partial charge on any atom is -0.346 e. The average Bonchev–Trinajstić information content (AvgIpc) is 3.06. The molecule has 1 aromatic carbocycles. The number of amides is 1. The van der Waals surface area contributed by atoms with E-state index in [0.29, 0.717) is 10.8 Å². The fourth-order valence-corrected chi connectivity index (χ4v) is 3.50. The molecule has 0 aliphatic carbocycles.